The van der Waals surface area contributed by atoms with Crippen LogP contribution in [0.2, 0.25) is 0 Å². The largest absolute Gasteiger partial charge is 0.457 e. The van der Waals surface area contributed by atoms with Crippen LogP contribution in [0.15, 0.2) is 39.7 Å². The predicted octanol–water partition coefficient (Wildman–Crippen LogP) is 3.11. The van der Waals surface area contributed by atoms with Gasteiger partial charge in [0.15, 0.2) is 0 Å². The molecule has 1 amide bonds. The fraction of sp³-hybridized carbons (Fsp3) is 0.0625. The van der Waals surface area contributed by atoms with Gasteiger partial charge in [-0.1, -0.05) is 30.0 Å². The molecule has 1 fully saturated rings. The molecule has 1 saturated heterocycles. The quantitative estimate of drug-likeness (QED) is 0.513. The van der Waals surface area contributed by atoms with Crippen LogP contribution in [0.1, 0.15) is 21.7 Å². The van der Waals surface area contributed by atoms with Crippen LogP contribution in [0.5, 0.6) is 0 Å². The number of ether oxygens (including phenoxy) is 1. The van der Waals surface area contributed by atoms with E-state index in [2.05, 4.69) is 5.32 Å². The first-order valence-electron chi connectivity index (χ1n) is 6.75. The van der Waals surface area contributed by atoms with E-state index < -0.39 is 0 Å². The van der Waals surface area contributed by atoms with E-state index in [1.165, 1.54) is 11.8 Å². The van der Waals surface area contributed by atoms with E-state index in [0.29, 0.717) is 26.3 Å². The highest BCUT2D eigenvalue weighted by Gasteiger charge is 2.23. The molecule has 114 valence electrons. The number of benzene rings is 1. The van der Waals surface area contributed by atoms with Gasteiger partial charge in [-0.05, 0) is 24.3 Å². The highest BCUT2D eigenvalue weighted by Crippen LogP contribution is 2.30. The molecule has 1 aromatic heterocycles. The summed E-state index contributed by atoms with van der Waals surface area (Å²) in [6.07, 6.45) is 1.66. The number of amides is 1. The summed E-state index contributed by atoms with van der Waals surface area (Å²) >= 11 is 6.15. The highest BCUT2D eigenvalue weighted by molar-refractivity contribution is 8.26. The third-order valence-corrected chi connectivity index (χ3v) is 4.67. The maximum atomic E-state index is 11.6. The predicted molar refractivity (Wildman–Crippen MR) is 89.6 cm³/mol. The van der Waals surface area contributed by atoms with Crippen molar-refractivity contribution in [3.63, 3.8) is 0 Å². The van der Waals surface area contributed by atoms with Crippen molar-refractivity contribution in [1.82, 2.24) is 5.32 Å². The number of carbonyl (C=O) groups excluding carboxylic acids is 2. The first-order chi connectivity index (χ1) is 11.1. The van der Waals surface area contributed by atoms with Crippen molar-refractivity contribution in [1.29, 1.82) is 0 Å². The monoisotopic (exact) mass is 343 g/mol. The van der Waals surface area contributed by atoms with Crippen LogP contribution in [-0.2, 0) is 16.1 Å². The number of cyclic esters (lactones) is 1. The number of furan rings is 1. The average Bonchev–Trinajstić information content (AvgIpc) is 3.21. The van der Waals surface area contributed by atoms with Crippen LogP contribution in [0.4, 0.5) is 0 Å². The maximum Gasteiger partial charge on any atom is 0.338 e. The zero-order valence-corrected chi connectivity index (χ0v) is 13.3. The molecule has 1 N–H and O–H groups in total. The molecule has 1 aromatic carbocycles. The summed E-state index contributed by atoms with van der Waals surface area (Å²) in [5.41, 5.74) is 2.29. The van der Waals surface area contributed by atoms with Gasteiger partial charge in [0.05, 0.1) is 10.5 Å². The van der Waals surface area contributed by atoms with Crippen molar-refractivity contribution in [3.05, 3.63) is 52.1 Å². The maximum absolute atomic E-state index is 11.6. The Morgan fingerprint density at radius 2 is 2.09 bits per heavy atom. The lowest BCUT2D eigenvalue weighted by atomic mass is 10.0. The lowest BCUT2D eigenvalue weighted by Gasteiger charge is -1.99. The van der Waals surface area contributed by atoms with Crippen LogP contribution in [0, 0.1) is 0 Å². The number of hydrogen-bond donors (Lipinski definition) is 1. The van der Waals surface area contributed by atoms with E-state index in [0.717, 1.165) is 11.1 Å². The number of fused-ring (bicyclic) bond motifs is 1. The van der Waals surface area contributed by atoms with Gasteiger partial charge in [-0.3, -0.25) is 4.79 Å². The fourth-order valence-corrected chi connectivity index (χ4v) is 3.45. The standard InChI is InChI=1S/C16H9NO4S2/c18-14-13(23-16(22)17-14)6-10-2-4-12(21-10)8-1-3-11-9(5-8)7-20-15(11)19/h1-6H,7H2,(H,17,18,22)/b13-6-. The van der Waals surface area contributed by atoms with Crippen LogP contribution in [-0.4, -0.2) is 16.2 Å². The number of thioether (sulfide) groups is 1. The van der Waals surface area contributed by atoms with E-state index in [4.69, 9.17) is 21.4 Å². The number of thiocarbonyl (C=S) groups is 1. The molecular formula is C16H9NO4S2. The Kier molecular flexibility index (Phi) is 3.32. The van der Waals surface area contributed by atoms with Crippen LogP contribution in [0.3, 0.4) is 0 Å². The van der Waals surface area contributed by atoms with Gasteiger partial charge in [0.25, 0.3) is 5.91 Å². The lowest BCUT2D eigenvalue weighted by Crippen LogP contribution is -2.17. The fourth-order valence-electron chi connectivity index (χ4n) is 2.42. The summed E-state index contributed by atoms with van der Waals surface area (Å²) in [6.45, 7) is 0.286. The van der Waals surface area contributed by atoms with E-state index in [1.54, 1.807) is 18.2 Å². The summed E-state index contributed by atoms with van der Waals surface area (Å²) in [6, 6.07) is 9.03. The molecule has 4 rings (SSSR count). The van der Waals surface area contributed by atoms with Crippen LogP contribution < -0.4 is 5.32 Å². The van der Waals surface area contributed by atoms with Crippen molar-refractivity contribution in [2.45, 2.75) is 6.61 Å². The van der Waals surface area contributed by atoms with Crippen molar-refractivity contribution in [2.75, 3.05) is 0 Å². The van der Waals surface area contributed by atoms with Gasteiger partial charge in [0.1, 0.15) is 22.4 Å². The van der Waals surface area contributed by atoms with Gasteiger partial charge in [-0.25, -0.2) is 4.79 Å². The number of carbonyl (C=O) groups is 2. The van der Waals surface area contributed by atoms with Crippen molar-refractivity contribution in [3.8, 4) is 11.3 Å². The first-order valence-corrected chi connectivity index (χ1v) is 7.98. The Morgan fingerprint density at radius 1 is 1.22 bits per heavy atom. The number of hydrogen-bond acceptors (Lipinski definition) is 6. The summed E-state index contributed by atoms with van der Waals surface area (Å²) in [7, 11) is 0. The van der Waals surface area contributed by atoms with E-state index in [-0.39, 0.29) is 18.5 Å². The van der Waals surface area contributed by atoms with E-state index in [1.807, 2.05) is 18.2 Å². The second kappa shape index (κ2) is 5.36. The molecule has 0 atom stereocenters. The zero-order chi connectivity index (χ0) is 16.0. The SMILES string of the molecule is O=C1NC(=S)S/C1=C\c1ccc(-c2ccc3c(c2)COC3=O)o1. The molecule has 0 spiro atoms. The molecule has 23 heavy (non-hydrogen) atoms. The molecule has 0 saturated carbocycles. The molecule has 7 heteroatoms. The van der Waals surface area contributed by atoms with Crippen molar-refractivity contribution < 1.29 is 18.7 Å². The van der Waals surface area contributed by atoms with Crippen molar-refractivity contribution in [2.24, 2.45) is 0 Å². The normalized spacial score (nSPS) is 18.3. The van der Waals surface area contributed by atoms with Gasteiger partial charge in [0, 0.05) is 17.2 Å². The molecule has 2 aliphatic heterocycles. The van der Waals surface area contributed by atoms with E-state index >= 15 is 0 Å². The summed E-state index contributed by atoms with van der Waals surface area (Å²) in [4.78, 5) is 23.6. The minimum atomic E-state index is -0.295. The Balaban J connectivity index is 1.64. The molecule has 3 heterocycles. The van der Waals surface area contributed by atoms with Gasteiger partial charge in [-0.15, -0.1) is 0 Å². The Morgan fingerprint density at radius 3 is 2.87 bits per heavy atom. The molecule has 5 nitrogen and oxygen atoms in total. The molecule has 2 aromatic rings. The second-order valence-electron chi connectivity index (χ2n) is 5.00. The molecule has 0 aliphatic carbocycles. The molecular weight excluding hydrogens is 334 g/mol. The van der Waals surface area contributed by atoms with Gasteiger partial charge in [0.2, 0.25) is 0 Å². The third-order valence-electron chi connectivity index (χ3n) is 3.51. The molecule has 0 unspecified atom stereocenters. The Hall–Kier alpha value is -2.38. The highest BCUT2D eigenvalue weighted by atomic mass is 32.2. The second-order valence-corrected chi connectivity index (χ2v) is 6.72. The minimum Gasteiger partial charge on any atom is -0.457 e. The van der Waals surface area contributed by atoms with E-state index in [9.17, 15) is 9.59 Å². The van der Waals surface area contributed by atoms with Crippen molar-refractivity contribution >= 4 is 46.3 Å². The number of esters is 1. The van der Waals surface area contributed by atoms with Gasteiger partial charge < -0.3 is 14.5 Å². The molecule has 2 aliphatic rings. The number of nitrogens with one attached hydrogen (secondary N) is 1. The number of rotatable bonds is 2. The summed E-state index contributed by atoms with van der Waals surface area (Å²) in [5.74, 6) is 0.711. The Bertz CT molecular complexity index is 897. The lowest BCUT2D eigenvalue weighted by molar-refractivity contribution is -0.115. The first kappa shape index (κ1) is 14.2. The average molecular weight is 343 g/mol. The molecule has 0 bridgehead atoms. The van der Waals surface area contributed by atoms with Crippen LogP contribution >= 0.6 is 24.0 Å². The Labute approximate surface area is 140 Å². The molecule has 0 radical (unpaired) electrons. The van der Waals surface area contributed by atoms with Crippen LogP contribution in [0.25, 0.3) is 17.4 Å². The van der Waals surface area contributed by atoms with Gasteiger partial charge in [-0.2, -0.15) is 0 Å². The summed E-state index contributed by atoms with van der Waals surface area (Å²) < 4.78 is 11.2. The minimum absolute atomic E-state index is 0.217. The smallest absolute Gasteiger partial charge is 0.338 e. The zero-order valence-electron chi connectivity index (χ0n) is 11.6. The third kappa shape index (κ3) is 2.58. The van der Waals surface area contributed by atoms with Gasteiger partial charge >= 0.3 is 5.97 Å². The topological polar surface area (TPSA) is 68.5 Å². The summed E-state index contributed by atoms with van der Waals surface area (Å²) in [5, 5.41) is 2.56.